The molecule has 3 aromatic heterocycles. The summed E-state index contributed by atoms with van der Waals surface area (Å²) in [6.07, 6.45) is 1.68. The second-order valence-corrected chi connectivity index (χ2v) is 8.07. The predicted octanol–water partition coefficient (Wildman–Crippen LogP) is 4.17. The van der Waals surface area contributed by atoms with Crippen molar-refractivity contribution in [3.63, 3.8) is 0 Å². The van der Waals surface area contributed by atoms with Crippen LogP contribution < -0.4 is 5.32 Å². The normalized spacial score (nSPS) is 12.1. The largest absolute Gasteiger partial charge is 0.321 e. The number of hydrogen-bond acceptors (Lipinski definition) is 6. The van der Waals surface area contributed by atoms with Crippen molar-refractivity contribution in [1.29, 1.82) is 0 Å². The number of rotatable bonds is 5. The van der Waals surface area contributed by atoms with Gasteiger partial charge in [0.25, 0.3) is 5.91 Å². The van der Waals surface area contributed by atoms with Crippen LogP contribution in [-0.4, -0.2) is 30.6 Å². The minimum atomic E-state index is -0.263. The van der Waals surface area contributed by atoms with Gasteiger partial charge in [-0.3, -0.25) is 4.79 Å². The molecule has 0 saturated carbocycles. The number of carbonyl (C=O) groups is 1. The van der Waals surface area contributed by atoms with E-state index in [0.29, 0.717) is 11.3 Å². The molecule has 8 heteroatoms. The molecular formula is C21H20N6OS. The monoisotopic (exact) mass is 404 g/mol. The third kappa shape index (κ3) is 4.27. The Hall–Kier alpha value is -3.26. The standard InChI is InChI=1S/C21H20N6OS/c1-13-7-8-15-9-10-18(25-19(15)23-13)20(28)24-17-6-4-5-16(11-17)14(2)29-21-26-22-12-27(21)3/h4-12,14H,1-3H3,(H,24,28). The van der Waals surface area contributed by atoms with Crippen molar-refractivity contribution in [3.05, 3.63) is 71.8 Å². The first-order valence-corrected chi connectivity index (χ1v) is 10.0. The van der Waals surface area contributed by atoms with E-state index in [0.717, 1.165) is 27.5 Å². The Bertz CT molecular complexity index is 1190. The lowest BCUT2D eigenvalue weighted by Gasteiger charge is -2.13. The summed E-state index contributed by atoms with van der Waals surface area (Å²) in [6.45, 7) is 4.00. The molecule has 7 nitrogen and oxygen atoms in total. The van der Waals surface area contributed by atoms with Gasteiger partial charge in [0.15, 0.2) is 10.8 Å². The maximum Gasteiger partial charge on any atom is 0.274 e. The number of aromatic nitrogens is 5. The molecule has 0 aliphatic carbocycles. The highest BCUT2D eigenvalue weighted by atomic mass is 32.2. The number of fused-ring (bicyclic) bond motifs is 1. The van der Waals surface area contributed by atoms with Gasteiger partial charge in [-0.1, -0.05) is 23.9 Å². The first-order chi connectivity index (χ1) is 14.0. The molecule has 0 radical (unpaired) electrons. The molecule has 1 unspecified atom stereocenters. The van der Waals surface area contributed by atoms with Crippen LogP contribution in [0.3, 0.4) is 0 Å². The summed E-state index contributed by atoms with van der Waals surface area (Å²) in [7, 11) is 1.92. The van der Waals surface area contributed by atoms with Crippen molar-refractivity contribution in [3.8, 4) is 0 Å². The average molecular weight is 404 g/mol. The zero-order chi connectivity index (χ0) is 20.4. The number of amides is 1. The van der Waals surface area contributed by atoms with Gasteiger partial charge in [-0.15, -0.1) is 10.2 Å². The Labute approximate surface area is 172 Å². The quantitative estimate of drug-likeness (QED) is 0.503. The fourth-order valence-corrected chi connectivity index (χ4v) is 3.80. The third-order valence-corrected chi connectivity index (χ3v) is 5.70. The van der Waals surface area contributed by atoms with Crippen LogP contribution in [0.1, 0.15) is 33.9 Å². The van der Waals surface area contributed by atoms with E-state index in [2.05, 4.69) is 32.4 Å². The fraction of sp³-hybridized carbons (Fsp3) is 0.190. The molecule has 0 aliphatic rings. The molecule has 0 aliphatic heterocycles. The van der Waals surface area contributed by atoms with Crippen molar-refractivity contribution in [2.24, 2.45) is 7.05 Å². The van der Waals surface area contributed by atoms with Crippen LogP contribution in [0.2, 0.25) is 0 Å². The van der Waals surface area contributed by atoms with Gasteiger partial charge in [0.2, 0.25) is 0 Å². The number of thioether (sulfide) groups is 1. The molecule has 29 heavy (non-hydrogen) atoms. The van der Waals surface area contributed by atoms with Crippen LogP contribution in [0.5, 0.6) is 0 Å². The average Bonchev–Trinajstić information content (AvgIpc) is 3.12. The Morgan fingerprint density at radius 3 is 2.76 bits per heavy atom. The summed E-state index contributed by atoms with van der Waals surface area (Å²) in [5.74, 6) is -0.263. The first-order valence-electron chi connectivity index (χ1n) is 9.16. The van der Waals surface area contributed by atoms with Gasteiger partial charge in [-0.05, 0) is 55.8 Å². The second kappa shape index (κ2) is 8.00. The minimum absolute atomic E-state index is 0.153. The number of pyridine rings is 2. The molecule has 1 atom stereocenters. The van der Waals surface area contributed by atoms with Gasteiger partial charge in [0.05, 0.1) is 0 Å². The highest BCUT2D eigenvalue weighted by Gasteiger charge is 2.14. The molecule has 1 amide bonds. The van der Waals surface area contributed by atoms with Gasteiger partial charge in [0, 0.05) is 29.1 Å². The van der Waals surface area contributed by atoms with E-state index < -0.39 is 0 Å². The van der Waals surface area contributed by atoms with E-state index >= 15 is 0 Å². The van der Waals surface area contributed by atoms with E-state index in [9.17, 15) is 4.79 Å². The zero-order valence-electron chi connectivity index (χ0n) is 16.3. The number of nitrogens with zero attached hydrogens (tertiary/aromatic N) is 5. The first kappa shape index (κ1) is 19.1. The van der Waals surface area contributed by atoms with E-state index in [1.807, 2.05) is 61.0 Å². The van der Waals surface area contributed by atoms with Gasteiger partial charge < -0.3 is 9.88 Å². The van der Waals surface area contributed by atoms with E-state index in [4.69, 9.17) is 0 Å². The van der Waals surface area contributed by atoms with E-state index in [1.54, 1.807) is 24.2 Å². The lowest BCUT2D eigenvalue weighted by molar-refractivity contribution is 0.102. The van der Waals surface area contributed by atoms with Crippen LogP contribution in [-0.2, 0) is 7.05 Å². The van der Waals surface area contributed by atoms with Gasteiger partial charge in [-0.25, -0.2) is 9.97 Å². The maximum absolute atomic E-state index is 12.7. The Balaban J connectivity index is 1.51. The van der Waals surface area contributed by atoms with Crippen LogP contribution in [0, 0.1) is 6.92 Å². The molecule has 3 heterocycles. The van der Waals surface area contributed by atoms with Crippen molar-refractivity contribution in [2.45, 2.75) is 24.3 Å². The summed E-state index contributed by atoms with van der Waals surface area (Å²) < 4.78 is 1.88. The maximum atomic E-state index is 12.7. The lowest BCUT2D eigenvalue weighted by Crippen LogP contribution is -2.14. The van der Waals surface area contributed by atoms with E-state index in [1.165, 1.54) is 0 Å². The number of benzene rings is 1. The summed E-state index contributed by atoms with van der Waals surface area (Å²) in [4.78, 5) is 21.5. The van der Waals surface area contributed by atoms with Gasteiger partial charge in [0.1, 0.15) is 12.0 Å². The molecule has 4 aromatic rings. The smallest absolute Gasteiger partial charge is 0.274 e. The number of nitrogens with one attached hydrogen (secondary N) is 1. The Morgan fingerprint density at radius 2 is 1.97 bits per heavy atom. The third-order valence-electron chi connectivity index (χ3n) is 4.49. The predicted molar refractivity (Wildman–Crippen MR) is 114 cm³/mol. The Morgan fingerprint density at radius 1 is 1.14 bits per heavy atom. The molecule has 0 fully saturated rings. The number of anilines is 1. The second-order valence-electron chi connectivity index (χ2n) is 6.76. The van der Waals surface area contributed by atoms with Gasteiger partial charge in [-0.2, -0.15) is 0 Å². The van der Waals surface area contributed by atoms with Gasteiger partial charge >= 0.3 is 0 Å². The Kier molecular flexibility index (Phi) is 5.26. The number of hydrogen-bond donors (Lipinski definition) is 1. The summed E-state index contributed by atoms with van der Waals surface area (Å²) in [6, 6.07) is 15.2. The van der Waals surface area contributed by atoms with Crippen LogP contribution in [0.25, 0.3) is 11.0 Å². The SMILES string of the molecule is Cc1ccc2ccc(C(=O)Nc3cccc(C(C)Sc4nncn4C)c3)nc2n1. The van der Waals surface area contributed by atoms with Crippen molar-refractivity contribution in [2.75, 3.05) is 5.32 Å². The molecule has 0 spiro atoms. The molecular weight excluding hydrogens is 384 g/mol. The molecule has 4 rings (SSSR count). The van der Waals surface area contributed by atoms with Crippen LogP contribution in [0.4, 0.5) is 5.69 Å². The van der Waals surface area contributed by atoms with Crippen LogP contribution in [0.15, 0.2) is 60.0 Å². The number of carbonyl (C=O) groups excluding carboxylic acids is 1. The zero-order valence-corrected chi connectivity index (χ0v) is 17.1. The molecule has 0 bridgehead atoms. The minimum Gasteiger partial charge on any atom is -0.321 e. The fourth-order valence-electron chi connectivity index (χ4n) is 2.89. The van der Waals surface area contributed by atoms with Crippen molar-refractivity contribution >= 4 is 34.4 Å². The van der Waals surface area contributed by atoms with Crippen molar-refractivity contribution < 1.29 is 4.79 Å². The van der Waals surface area contributed by atoms with E-state index in [-0.39, 0.29) is 11.2 Å². The molecule has 1 aromatic carbocycles. The highest BCUT2D eigenvalue weighted by molar-refractivity contribution is 7.99. The summed E-state index contributed by atoms with van der Waals surface area (Å²) in [5.41, 5.74) is 3.57. The molecule has 1 N–H and O–H groups in total. The van der Waals surface area contributed by atoms with Crippen molar-refractivity contribution in [1.82, 2.24) is 24.7 Å². The lowest BCUT2D eigenvalue weighted by atomic mass is 10.1. The summed E-state index contributed by atoms with van der Waals surface area (Å²) in [5, 5.41) is 12.9. The van der Waals surface area contributed by atoms with Crippen LogP contribution >= 0.6 is 11.8 Å². The summed E-state index contributed by atoms with van der Waals surface area (Å²) >= 11 is 1.61. The molecule has 0 saturated heterocycles. The highest BCUT2D eigenvalue weighted by Crippen LogP contribution is 2.34. The topological polar surface area (TPSA) is 85.6 Å². The molecule has 146 valence electrons. The number of aryl methyl sites for hydroxylation is 2.